The van der Waals surface area contributed by atoms with E-state index in [1.807, 2.05) is 0 Å². The molecule has 0 fully saturated rings. The quantitative estimate of drug-likeness (QED) is 0.387. The van der Waals surface area contributed by atoms with Crippen LogP contribution >= 0.6 is 11.3 Å². The molecule has 11 heavy (non-hydrogen) atoms. The topological polar surface area (TPSA) is 39.2 Å². The molecule has 0 aromatic carbocycles. The predicted octanol–water partition coefficient (Wildman–Crippen LogP) is -0.886. The maximum absolute atomic E-state index is 11.1. The van der Waals surface area contributed by atoms with Crippen molar-refractivity contribution < 1.29 is 9.53 Å². The smallest absolute Gasteiger partial charge is 0.350 e. The van der Waals surface area contributed by atoms with Gasteiger partial charge in [-0.2, -0.15) is 0 Å². The number of cyclic esters (lactones) is 1. The summed E-state index contributed by atoms with van der Waals surface area (Å²) in [6.07, 6.45) is 0.791. The fourth-order valence-corrected chi connectivity index (χ4v) is 2.85. The molecule has 2 rings (SSSR count). The first-order chi connectivity index (χ1) is 5.27. The summed E-state index contributed by atoms with van der Waals surface area (Å²) in [5.41, 5.74) is 0.941. The van der Waals surface area contributed by atoms with Crippen LogP contribution in [0.4, 0.5) is 0 Å². The molecule has 0 saturated heterocycles. The molecule has 5 heteroatoms. The zero-order valence-electron chi connectivity index (χ0n) is 6.09. The molecule has 3 nitrogen and oxygen atoms in total. The summed E-state index contributed by atoms with van der Waals surface area (Å²) < 4.78 is 5.94. The molecule has 56 valence electrons. The fraction of sp³-hybridized carbons (Fsp3) is 0.333. The Bertz CT molecular complexity index is 310. The van der Waals surface area contributed by atoms with Crippen molar-refractivity contribution in [2.24, 2.45) is 0 Å². The highest BCUT2D eigenvalue weighted by Gasteiger charge is 2.21. The Morgan fingerprint density at radius 3 is 3.18 bits per heavy atom. The molecule has 0 unspecified atom stereocenters. The van der Waals surface area contributed by atoms with Crippen molar-refractivity contribution in [2.45, 2.75) is 6.42 Å². The summed E-state index contributed by atoms with van der Waals surface area (Å²) >= 11 is 2.40. The van der Waals surface area contributed by atoms with Crippen LogP contribution in [0.2, 0.25) is 0 Å². The van der Waals surface area contributed by atoms with E-state index in [0.717, 1.165) is 37.2 Å². The van der Waals surface area contributed by atoms with E-state index < -0.39 is 0 Å². The van der Waals surface area contributed by atoms with Crippen LogP contribution in [0, 0.1) is 0 Å². The molecule has 0 saturated carbocycles. The Morgan fingerprint density at radius 1 is 1.64 bits per heavy atom. The van der Waals surface area contributed by atoms with Crippen molar-refractivity contribution in [3.8, 4) is 0 Å². The van der Waals surface area contributed by atoms with Crippen LogP contribution in [0.1, 0.15) is 15.4 Å². The summed E-state index contributed by atoms with van der Waals surface area (Å²) in [7, 11) is 0. The maximum Gasteiger partial charge on any atom is 0.350 e. The fourth-order valence-electron chi connectivity index (χ4n) is 1.11. The van der Waals surface area contributed by atoms with E-state index in [1.165, 1.54) is 11.3 Å². The van der Waals surface area contributed by atoms with Crippen molar-refractivity contribution in [2.75, 3.05) is 6.61 Å². The Balaban J connectivity index is 2.52. The second kappa shape index (κ2) is 2.59. The molecular weight excluding hydrogens is 177 g/mol. The van der Waals surface area contributed by atoms with Gasteiger partial charge in [-0.05, 0) is 0 Å². The first-order valence-corrected chi connectivity index (χ1v) is 5.22. The standard InChI is InChI=1S/C6H4NO2S.Al.2H/c8-6-5-4(1-2-9-6)7-3-10-5;;;/h1-2H2;;;. The number of ether oxygens (including phenoxy) is 1. The molecule has 0 atom stereocenters. The molecule has 2 heterocycles. The summed E-state index contributed by atoms with van der Waals surface area (Å²) in [5, 5.41) is 0. The van der Waals surface area contributed by atoms with Gasteiger partial charge in [0.05, 0.1) is 12.3 Å². The predicted molar refractivity (Wildman–Crippen MR) is 44.3 cm³/mol. The molecule has 1 aromatic rings. The van der Waals surface area contributed by atoms with E-state index in [1.54, 1.807) is 0 Å². The van der Waals surface area contributed by atoms with Crippen LogP contribution in [0.15, 0.2) is 0 Å². The highest BCUT2D eigenvalue weighted by atomic mass is 32.1. The number of esters is 1. The average molecular weight is 183 g/mol. The van der Waals surface area contributed by atoms with Gasteiger partial charge in [0.25, 0.3) is 0 Å². The second-order valence-electron chi connectivity index (χ2n) is 2.39. The molecule has 0 radical (unpaired) electrons. The molecule has 0 N–H and O–H groups in total. The van der Waals surface area contributed by atoms with Gasteiger partial charge < -0.3 is 4.74 Å². The molecule has 0 amide bonds. The lowest BCUT2D eigenvalue weighted by Crippen LogP contribution is -2.15. The molecule has 1 aliphatic rings. The van der Waals surface area contributed by atoms with Crippen LogP contribution in [-0.2, 0) is 11.2 Å². The van der Waals surface area contributed by atoms with Crippen molar-refractivity contribution in [3.05, 3.63) is 10.6 Å². The van der Waals surface area contributed by atoms with Gasteiger partial charge in [-0.15, -0.1) is 11.3 Å². The highest BCUT2D eigenvalue weighted by Crippen LogP contribution is 2.17. The van der Waals surface area contributed by atoms with Gasteiger partial charge in [-0.3, -0.25) is 4.98 Å². The minimum absolute atomic E-state index is 0.189. The number of nitrogens with zero attached hydrogens (tertiary/aromatic N) is 1. The molecular formula is C6H6AlNO2S. The Kier molecular flexibility index (Phi) is 1.72. The number of aromatic nitrogens is 1. The number of fused-ring (bicyclic) bond motifs is 1. The van der Waals surface area contributed by atoms with E-state index in [9.17, 15) is 4.79 Å². The zero-order valence-corrected chi connectivity index (χ0v) is 8.90. The third kappa shape index (κ3) is 1.20. The lowest BCUT2D eigenvalue weighted by Gasteiger charge is -2.08. The highest BCUT2D eigenvalue weighted by molar-refractivity contribution is 7.21. The van der Waals surface area contributed by atoms with Gasteiger partial charge in [0, 0.05) is 10.3 Å². The number of rotatable bonds is 0. The number of carbonyl (C=O) groups excluding carboxylic acids is 1. The Morgan fingerprint density at radius 2 is 2.45 bits per heavy atom. The molecule has 0 spiro atoms. The third-order valence-corrected chi connectivity index (χ3v) is 3.39. The van der Waals surface area contributed by atoms with Crippen LogP contribution in [-0.4, -0.2) is 33.9 Å². The molecule has 1 aliphatic heterocycles. The van der Waals surface area contributed by atoms with Gasteiger partial charge in [0.1, 0.15) is 4.88 Å². The van der Waals surface area contributed by atoms with Gasteiger partial charge >= 0.3 is 22.3 Å². The summed E-state index contributed by atoms with van der Waals surface area (Å²) in [6.45, 7) is 0.497. The maximum atomic E-state index is 11.1. The van der Waals surface area contributed by atoms with Crippen LogP contribution in [0.3, 0.4) is 0 Å². The normalized spacial score (nSPS) is 15.8. The van der Waals surface area contributed by atoms with Gasteiger partial charge in [0.15, 0.2) is 0 Å². The largest absolute Gasteiger partial charge is 0.461 e. The minimum atomic E-state index is -0.189. The number of thiazole rings is 1. The van der Waals surface area contributed by atoms with Gasteiger partial charge in [-0.1, -0.05) is 0 Å². The lowest BCUT2D eigenvalue weighted by molar-refractivity contribution is 0.0485. The summed E-state index contributed by atoms with van der Waals surface area (Å²) in [6, 6.07) is 0. The number of hydrogen-bond donors (Lipinski definition) is 0. The molecule has 0 bridgehead atoms. The number of hydrogen-bond acceptors (Lipinski definition) is 4. The van der Waals surface area contributed by atoms with Crippen molar-refractivity contribution >= 4 is 37.5 Å². The summed E-state index contributed by atoms with van der Waals surface area (Å²) in [4.78, 5) is 16.1. The summed E-state index contributed by atoms with van der Waals surface area (Å²) in [5.74, 6) is -0.189. The monoisotopic (exact) mass is 183 g/mol. The Hall–Kier alpha value is -0.368. The van der Waals surface area contributed by atoms with E-state index in [2.05, 4.69) is 4.98 Å². The van der Waals surface area contributed by atoms with Crippen molar-refractivity contribution in [3.63, 3.8) is 0 Å². The van der Waals surface area contributed by atoms with Gasteiger partial charge in [0.2, 0.25) is 0 Å². The third-order valence-electron chi connectivity index (χ3n) is 1.56. The Labute approximate surface area is 75.8 Å². The van der Waals surface area contributed by atoms with E-state index >= 15 is 0 Å². The molecule has 1 aromatic heterocycles. The average Bonchev–Trinajstić information content (AvgIpc) is 2.31. The first-order valence-electron chi connectivity index (χ1n) is 3.41. The van der Waals surface area contributed by atoms with Crippen LogP contribution in [0.25, 0.3) is 0 Å². The first kappa shape index (κ1) is 7.29. The van der Waals surface area contributed by atoms with Crippen LogP contribution in [0.5, 0.6) is 0 Å². The van der Waals surface area contributed by atoms with E-state index in [-0.39, 0.29) is 5.97 Å². The van der Waals surface area contributed by atoms with Gasteiger partial charge in [-0.25, -0.2) is 4.79 Å². The van der Waals surface area contributed by atoms with E-state index in [0.29, 0.717) is 6.61 Å². The SMILES string of the molecule is O=C1OCCc2n[c]([AlH2])sc21. The zero-order chi connectivity index (χ0) is 7.84. The number of carbonyl (C=O) groups is 1. The lowest BCUT2D eigenvalue weighted by atomic mass is 10.2. The second-order valence-corrected chi connectivity index (χ2v) is 5.27. The van der Waals surface area contributed by atoms with Crippen molar-refractivity contribution in [1.82, 2.24) is 4.98 Å². The minimum Gasteiger partial charge on any atom is -0.461 e. The van der Waals surface area contributed by atoms with Crippen LogP contribution < -0.4 is 3.87 Å². The van der Waals surface area contributed by atoms with Crippen molar-refractivity contribution in [1.29, 1.82) is 0 Å². The molecule has 0 aliphatic carbocycles. The van der Waals surface area contributed by atoms with E-state index in [4.69, 9.17) is 4.74 Å².